The number of carboxylic acid groups (broad SMARTS) is 1. The van der Waals surface area contributed by atoms with Crippen LogP contribution < -0.4 is 5.32 Å². The minimum atomic E-state index is -4.40. The van der Waals surface area contributed by atoms with E-state index in [4.69, 9.17) is 14.8 Å². The van der Waals surface area contributed by atoms with Crippen LogP contribution >= 0.6 is 0 Å². The summed E-state index contributed by atoms with van der Waals surface area (Å²) >= 11 is 0. The predicted molar refractivity (Wildman–Crippen MR) is 171 cm³/mol. The Morgan fingerprint density at radius 3 is 2.22 bits per heavy atom. The molecule has 1 unspecified atom stereocenters. The zero-order chi connectivity index (χ0) is 33.1. The summed E-state index contributed by atoms with van der Waals surface area (Å²) in [6.07, 6.45) is -0.405. The molecule has 0 radical (unpaired) electrons. The maximum absolute atomic E-state index is 13.1. The number of carboxylic acids is 1. The van der Waals surface area contributed by atoms with Crippen molar-refractivity contribution < 1.29 is 32.6 Å². The van der Waals surface area contributed by atoms with Gasteiger partial charge in [0.05, 0.1) is 23.7 Å². The molecule has 0 bridgehead atoms. The van der Waals surface area contributed by atoms with Gasteiger partial charge < -0.3 is 20.1 Å². The molecule has 1 aliphatic heterocycles. The molecule has 1 amide bonds. The molecule has 46 heavy (non-hydrogen) atoms. The normalized spacial score (nSPS) is 21.2. The molecule has 0 spiro atoms. The van der Waals surface area contributed by atoms with Crippen LogP contribution in [0.5, 0.6) is 0 Å². The first kappa shape index (κ1) is 33.0. The molecule has 3 aromatic rings. The lowest BCUT2D eigenvalue weighted by Crippen LogP contribution is -2.42. The molecule has 244 valence electrons. The molecular weight excluding hydrogens is 595 g/mol. The van der Waals surface area contributed by atoms with Crippen LogP contribution in [0.3, 0.4) is 0 Å². The highest BCUT2D eigenvalue weighted by atomic mass is 19.4. The highest BCUT2D eigenvalue weighted by Crippen LogP contribution is 2.42. The second-order valence-electron chi connectivity index (χ2n) is 13.1. The van der Waals surface area contributed by atoms with Crippen LogP contribution in [0.25, 0.3) is 11.1 Å². The molecular formula is C36H40F3N3O4. The van der Waals surface area contributed by atoms with E-state index in [1.54, 1.807) is 12.1 Å². The largest absolute Gasteiger partial charge is 0.481 e. The van der Waals surface area contributed by atoms with Crippen molar-refractivity contribution in [2.24, 2.45) is 16.3 Å². The Morgan fingerprint density at radius 2 is 1.61 bits per heavy atom. The zero-order valence-corrected chi connectivity index (χ0v) is 26.3. The van der Waals surface area contributed by atoms with E-state index in [0.717, 1.165) is 48.9 Å². The van der Waals surface area contributed by atoms with Crippen LogP contribution in [0.15, 0.2) is 77.8 Å². The average Bonchev–Trinajstić information content (AvgIpc) is 3.43. The van der Waals surface area contributed by atoms with Crippen molar-refractivity contribution in [1.29, 1.82) is 0 Å². The van der Waals surface area contributed by atoms with E-state index in [1.807, 2.05) is 36.4 Å². The number of halogens is 3. The standard InChI is InChI=1S/C36H40F3N3O4/c1-35(2,3)27-15-17-30(18-16-27)42-31(24-7-9-25(10-8-24)33(45)40-20-19-32(43)44)22-46-34(42)41-29-6-4-5-26(21-29)23-11-13-28(14-12-23)36(37,38)39/h4-14,21,27,30-31H,15-20,22H2,1-3H3,(H,40,45)(H,43,44). The van der Waals surface area contributed by atoms with Gasteiger partial charge in [-0.05, 0) is 90.1 Å². The number of rotatable bonds is 8. The summed E-state index contributed by atoms with van der Waals surface area (Å²) in [5.41, 5.74) is 2.99. The molecule has 3 aromatic carbocycles. The lowest BCUT2D eigenvalue weighted by molar-refractivity contribution is -0.138. The molecule has 2 N–H and O–H groups in total. The molecule has 5 rings (SSSR count). The van der Waals surface area contributed by atoms with Gasteiger partial charge in [0.1, 0.15) is 6.61 Å². The van der Waals surface area contributed by atoms with E-state index >= 15 is 0 Å². The fraction of sp³-hybridized carbons (Fsp3) is 0.417. The third-order valence-corrected chi connectivity index (χ3v) is 9.04. The van der Waals surface area contributed by atoms with Crippen LogP contribution in [0.2, 0.25) is 0 Å². The number of amides is 1. The first-order chi connectivity index (χ1) is 21.8. The molecule has 1 atom stereocenters. The number of hydrogen-bond donors (Lipinski definition) is 2. The lowest BCUT2D eigenvalue weighted by Gasteiger charge is -2.41. The lowest BCUT2D eigenvalue weighted by atomic mass is 9.71. The van der Waals surface area contributed by atoms with Crippen molar-refractivity contribution in [3.8, 4) is 11.1 Å². The van der Waals surface area contributed by atoms with Crippen molar-refractivity contribution in [2.75, 3.05) is 13.2 Å². The van der Waals surface area contributed by atoms with Gasteiger partial charge in [0.15, 0.2) is 0 Å². The molecule has 2 fully saturated rings. The fourth-order valence-electron chi connectivity index (χ4n) is 6.38. The highest BCUT2D eigenvalue weighted by Gasteiger charge is 2.41. The number of nitrogens with one attached hydrogen (secondary N) is 1. The van der Waals surface area contributed by atoms with E-state index in [0.29, 0.717) is 35.4 Å². The Morgan fingerprint density at radius 1 is 0.935 bits per heavy atom. The molecule has 1 saturated carbocycles. The third kappa shape index (κ3) is 7.89. The second kappa shape index (κ2) is 13.6. The molecule has 0 aromatic heterocycles. The van der Waals surface area contributed by atoms with Gasteiger partial charge in [-0.2, -0.15) is 18.2 Å². The zero-order valence-electron chi connectivity index (χ0n) is 26.3. The summed E-state index contributed by atoms with van der Waals surface area (Å²) in [6, 6.07) is 20.3. The summed E-state index contributed by atoms with van der Waals surface area (Å²) < 4.78 is 45.5. The predicted octanol–water partition coefficient (Wildman–Crippen LogP) is 8.24. The van der Waals surface area contributed by atoms with E-state index in [-0.39, 0.29) is 36.4 Å². The second-order valence-corrected chi connectivity index (χ2v) is 13.1. The van der Waals surface area contributed by atoms with Crippen LogP contribution in [-0.2, 0) is 15.7 Å². The monoisotopic (exact) mass is 635 g/mol. The summed E-state index contributed by atoms with van der Waals surface area (Å²) in [4.78, 5) is 30.5. The van der Waals surface area contributed by atoms with E-state index < -0.39 is 17.7 Å². The number of carbonyl (C=O) groups is 2. The van der Waals surface area contributed by atoms with Crippen molar-refractivity contribution >= 4 is 23.6 Å². The summed E-state index contributed by atoms with van der Waals surface area (Å²) in [7, 11) is 0. The van der Waals surface area contributed by atoms with E-state index in [2.05, 4.69) is 31.0 Å². The molecule has 10 heteroatoms. The average molecular weight is 636 g/mol. The summed E-state index contributed by atoms with van der Waals surface area (Å²) in [5.74, 6) is -0.689. The molecule has 2 aliphatic rings. The van der Waals surface area contributed by atoms with Crippen LogP contribution in [0.1, 0.15) is 80.4 Å². The Hall–Kier alpha value is -4.34. The van der Waals surface area contributed by atoms with Crippen LogP contribution in [-0.4, -0.2) is 47.1 Å². The number of carbonyl (C=O) groups excluding carboxylic acids is 1. The first-order valence-electron chi connectivity index (χ1n) is 15.7. The van der Waals surface area contributed by atoms with Gasteiger partial charge in [0, 0.05) is 18.2 Å². The van der Waals surface area contributed by atoms with Gasteiger partial charge in [-0.1, -0.05) is 57.2 Å². The van der Waals surface area contributed by atoms with Crippen molar-refractivity contribution in [3.63, 3.8) is 0 Å². The Bertz CT molecular complexity index is 1560. The highest BCUT2D eigenvalue weighted by molar-refractivity contribution is 5.94. The maximum Gasteiger partial charge on any atom is 0.416 e. The number of aliphatic carboxylic acids is 1. The number of ether oxygens (including phenoxy) is 1. The minimum Gasteiger partial charge on any atom is -0.481 e. The van der Waals surface area contributed by atoms with Crippen molar-refractivity contribution in [3.05, 3.63) is 89.5 Å². The van der Waals surface area contributed by atoms with Crippen molar-refractivity contribution in [1.82, 2.24) is 10.2 Å². The van der Waals surface area contributed by atoms with Crippen LogP contribution in [0.4, 0.5) is 18.9 Å². The minimum absolute atomic E-state index is 0.0529. The van der Waals surface area contributed by atoms with Crippen LogP contribution in [0, 0.1) is 11.3 Å². The van der Waals surface area contributed by atoms with Gasteiger partial charge in [-0.25, -0.2) is 0 Å². The topological polar surface area (TPSA) is 91.2 Å². The Kier molecular flexibility index (Phi) is 9.74. The van der Waals surface area contributed by atoms with Gasteiger partial charge in [-0.3, -0.25) is 9.59 Å². The summed E-state index contributed by atoms with van der Waals surface area (Å²) in [5, 5.41) is 11.5. The fourth-order valence-corrected chi connectivity index (χ4v) is 6.38. The van der Waals surface area contributed by atoms with Crippen molar-refractivity contribution in [2.45, 2.75) is 71.1 Å². The number of alkyl halides is 3. The first-order valence-corrected chi connectivity index (χ1v) is 15.7. The smallest absolute Gasteiger partial charge is 0.416 e. The molecule has 1 heterocycles. The Labute approximate surface area is 267 Å². The van der Waals surface area contributed by atoms with Gasteiger partial charge in [0.2, 0.25) is 0 Å². The SMILES string of the molecule is CC(C)(C)C1CCC(N2C(=Nc3cccc(-c4ccc(C(F)(F)F)cc4)c3)OCC2c2ccc(C(=O)NCCC(=O)O)cc2)CC1. The van der Waals surface area contributed by atoms with E-state index in [1.165, 1.54) is 12.1 Å². The quantitative estimate of drug-likeness (QED) is 0.260. The number of benzene rings is 3. The summed E-state index contributed by atoms with van der Waals surface area (Å²) in [6.45, 7) is 7.29. The van der Waals surface area contributed by atoms with E-state index in [9.17, 15) is 22.8 Å². The number of amidine groups is 1. The number of aliphatic imine (C=N–C) groups is 1. The molecule has 1 aliphatic carbocycles. The maximum atomic E-state index is 13.1. The third-order valence-electron chi connectivity index (χ3n) is 9.04. The number of nitrogens with zero attached hydrogens (tertiary/aromatic N) is 2. The molecule has 7 nitrogen and oxygen atoms in total. The van der Waals surface area contributed by atoms with Gasteiger partial charge in [-0.15, -0.1) is 0 Å². The molecule has 1 saturated heterocycles. The van der Waals surface area contributed by atoms with Gasteiger partial charge >= 0.3 is 12.1 Å². The van der Waals surface area contributed by atoms with Gasteiger partial charge in [0.25, 0.3) is 11.9 Å². The number of hydrogen-bond acceptors (Lipinski definition) is 4. The Balaban J connectivity index is 1.40.